The summed E-state index contributed by atoms with van der Waals surface area (Å²) in [5.74, 6) is 2.11. The third kappa shape index (κ3) is 6.48. The molecule has 2 N–H and O–H groups in total. The second-order valence-corrected chi connectivity index (χ2v) is 9.81. The SMILES string of the molecule is CN=C(NCc1ccccc1-c1ccc(Cn2cncn2)cc1)NCC1(C)CCCS1.I. The summed E-state index contributed by atoms with van der Waals surface area (Å²) >= 11 is 2.06. The van der Waals surface area contributed by atoms with E-state index < -0.39 is 0 Å². The first-order chi connectivity index (χ1) is 15.1. The molecule has 3 aromatic rings. The monoisotopic (exact) mass is 562 g/mol. The van der Waals surface area contributed by atoms with Crippen molar-refractivity contribution in [3.8, 4) is 11.1 Å². The average molecular weight is 563 g/mol. The van der Waals surface area contributed by atoms with E-state index >= 15 is 0 Å². The number of guanidine groups is 1. The molecule has 32 heavy (non-hydrogen) atoms. The van der Waals surface area contributed by atoms with Crippen LogP contribution in [0.25, 0.3) is 11.1 Å². The lowest BCUT2D eigenvalue weighted by atomic mass is 9.98. The molecular formula is C24H31IN6S. The van der Waals surface area contributed by atoms with Gasteiger partial charge in [0.1, 0.15) is 12.7 Å². The summed E-state index contributed by atoms with van der Waals surface area (Å²) in [6.45, 7) is 4.72. The summed E-state index contributed by atoms with van der Waals surface area (Å²) in [7, 11) is 1.83. The van der Waals surface area contributed by atoms with Crippen molar-refractivity contribution < 1.29 is 0 Å². The average Bonchev–Trinajstić information content (AvgIpc) is 3.47. The number of hydrogen-bond donors (Lipinski definition) is 2. The van der Waals surface area contributed by atoms with Crippen LogP contribution in [-0.4, -0.2) is 44.8 Å². The molecule has 1 aromatic heterocycles. The van der Waals surface area contributed by atoms with E-state index in [0.717, 1.165) is 25.6 Å². The summed E-state index contributed by atoms with van der Waals surface area (Å²) in [6.07, 6.45) is 5.87. The molecule has 8 heteroatoms. The van der Waals surface area contributed by atoms with E-state index in [0.29, 0.717) is 4.75 Å². The summed E-state index contributed by atoms with van der Waals surface area (Å²) in [6, 6.07) is 17.2. The molecule has 6 nitrogen and oxygen atoms in total. The molecule has 1 unspecified atom stereocenters. The van der Waals surface area contributed by atoms with E-state index in [1.54, 1.807) is 12.7 Å². The molecule has 1 fully saturated rings. The van der Waals surface area contributed by atoms with Crippen LogP contribution < -0.4 is 10.6 Å². The molecule has 0 saturated carbocycles. The van der Waals surface area contributed by atoms with Crippen LogP contribution in [0.4, 0.5) is 0 Å². The van der Waals surface area contributed by atoms with Crippen molar-refractivity contribution in [1.82, 2.24) is 25.4 Å². The number of nitrogens with zero attached hydrogens (tertiary/aromatic N) is 4. The van der Waals surface area contributed by atoms with Crippen LogP contribution in [0, 0.1) is 0 Å². The van der Waals surface area contributed by atoms with E-state index in [-0.39, 0.29) is 24.0 Å². The third-order valence-electron chi connectivity index (χ3n) is 5.69. The van der Waals surface area contributed by atoms with Crippen molar-refractivity contribution in [3.63, 3.8) is 0 Å². The van der Waals surface area contributed by atoms with E-state index in [2.05, 4.69) is 92.9 Å². The lowest BCUT2D eigenvalue weighted by Gasteiger charge is -2.24. The van der Waals surface area contributed by atoms with Gasteiger partial charge in [0.25, 0.3) is 0 Å². The molecule has 1 aliphatic rings. The van der Waals surface area contributed by atoms with Gasteiger partial charge in [-0.25, -0.2) is 9.67 Å². The lowest BCUT2D eigenvalue weighted by Crippen LogP contribution is -2.43. The van der Waals surface area contributed by atoms with Gasteiger partial charge in [0.05, 0.1) is 6.54 Å². The molecule has 1 saturated heterocycles. The van der Waals surface area contributed by atoms with Gasteiger partial charge in [-0.1, -0.05) is 48.5 Å². The molecule has 170 valence electrons. The number of rotatable bonds is 7. The van der Waals surface area contributed by atoms with Gasteiger partial charge in [-0.15, -0.1) is 24.0 Å². The maximum Gasteiger partial charge on any atom is 0.191 e. The number of nitrogens with one attached hydrogen (secondary N) is 2. The summed E-state index contributed by atoms with van der Waals surface area (Å²) in [5, 5.41) is 11.2. The van der Waals surface area contributed by atoms with Gasteiger partial charge in [0, 0.05) is 24.9 Å². The molecule has 0 bridgehead atoms. The molecule has 1 aliphatic heterocycles. The van der Waals surface area contributed by atoms with Gasteiger partial charge in [-0.2, -0.15) is 16.9 Å². The Morgan fingerprint density at radius 3 is 2.66 bits per heavy atom. The number of thioether (sulfide) groups is 1. The van der Waals surface area contributed by atoms with Crippen molar-refractivity contribution >= 4 is 41.7 Å². The number of aliphatic imine (C=N–C) groups is 1. The van der Waals surface area contributed by atoms with Crippen LogP contribution in [0.5, 0.6) is 0 Å². The molecule has 1 atom stereocenters. The maximum atomic E-state index is 4.42. The van der Waals surface area contributed by atoms with Crippen molar-refractivity contribution in [2.75, 3.05) is 19.3 Å². The van der Waals surface area contributed by atoms with Gasteiger partial charge >= 0.3 is 0 Å². The molecule has 4 rings (SSSR count). The van der Waals surface area contributed by atoms with Crippen molar-refractivity contribution in [3.05, 3.63) is 72.3 Å². The van der Waals surface area contributed by atoms with Crippen LogP contribution in [0.15, 0.2) is 66.2 Å². The quantitative estimate of drug-likeness (QED) is 0.251. The van der Waals surface area contributed by atoms with Gasteiger partial charge in [-0.05, 0) is 47.8 Å². The van der Waals surface area contributed by atoms with Gasteiger partial charge in [0.2, 0.25) is 0 Å². The van der Waals surface area contributed by atoms with Crippen molar-refractivity contribution in [1.29, 1.82) is 0 Å². The Hall–Kier alpha value is -2.07. The largest absolute Gasteiger partial charge is 0.355 e. The highest BCUT2D eigenvalue weighted by Crippen LogP contribution is 2.36. The Balaban J connectivity index is 0.00000289. The molecule has 2 aromatic carbocycles. The smallest absolute Gasteiger partial charge is 0.191 e. The standard InChI is InChI=1S/C24H30N6S.HI/c1-24(12-5-13-31-24)16-28-23(25-2)27-14-21-6-3-4-7-22(21)20-10-8-19(9-11-20)15-30-18-26-17-29-30;/h3-4,6-11,17-18H,5,12-16H2,1-2H3,(H2,25,27,28);1H. The molecule has 0 radical (unpaired) electrons. The van der Waals surface area contributed by atoms with Crippen LogP contribution in [0.1, 0.15) is 30.9 Å². The second kappa shape index (κ2) is 11.7. The Bertz CT molecular complexity index is 998. The summed E-state index contributed by atoms with van der Waals surface area (Å²) in [4.78, 5) is 8.42. The first kappa shape index (κ1) is 24.6. The van der Waals surface area contributed by atoms with Crippen molar-refractivity contribution in [2.45, 2.75) is 37.6 Å². The molecule has 0 spiro atoms. The summed E-state index contributed by atoms with van der Waals surface area (Å²) < 4.78 is 2.14. The topological polar surface area (TPSA) is 67.1 Å². The predicted octanol–water partition coefficient (Wildman–Crippen LogP) is 4.56. The zero-order valence-electron chi connectivity index (χ0n) is 18.6. The van der Waals surface area contributed by atoms with Gasteiger partial charge in [-0.3, -0.25) is 4.99 Å². The zero-order valence-corrected chi connectivity index (χ0v) is 21.8. The molecule has 0 amide bonds. The minimum absolute atomic E-state index is 0. The van der Waals surface area contributed by atoms with E-state index in [9.17, 15) is 0 Å². The number of hydrogen-bond acceptors (Lipinski definition) is 4. The normalized spacial score (nSPS) is 18.2. The third-order valence-corrected chi connectivity index (χ3v) is 7.23. The number of halogens is 1. The Kier molecular flexibility index (Phi) is 8.98. The maximum absolute atomic E-state index is 4.42. The lowest BCUT2D eigenvalue weighted by molar-refractivity contribution is 0.584. The highest BCUT2D eigenvalue weighted by Gasteiger charge is 2.29. The predicted molar refractivity (Wildman–Crippen MR) is 145 cm³/mol. The fraction of sp³-hybridized carbons (Fsp3) is 0.375. The molecule has 2 heterocycles. The first-order valence-electron chi connectivity index (χ1n) is 10.7. The second-order valence-electron chi connectivity index (χ2n) is 8.13. The van der Waals surface area contributed by atoms with E-state index in [1.165, 1.54) is 40.8 Å². The minimum Gasteiger partial charge on any atom is -0.355 e. The summed E-state index contributed by atoms with van der Waals surface area (Å²) in [5.41, 5.74) is 4.89. The fourth-order valence-electron chi connectivity index (χ4n) is 3.89. The highest BCUT2D eigenvalue weighted by atomic mass is 127. The number of aromatic nitrogens is 3. The van der Waals surface area contributed by atoms with Crippen LogP contribution >= 0.6 is 35.7 Å². The van der Waals surface area contributed by atoms with Gasteiger partial charge in [0.15, 0.2) is 5.96 Å². The minimum atomic E-state index is 0. The van der Waals surface area contributed by atoms with Crippen LogP contribution in [0.2, 0.25) is 0 Å². The van der Waals surface area contributed by atoms with Crippen LogP contribution in [-0.2, 0) is 13.1 Å². The van der Waals surface area contributed by atoms with Crippen LogP contribution in [0.3, 0.4) is 0 Å². The molecule has 0 aliphatic carbocycles. The fourth-order valence-corrected chi connectivity index (χ4v) is 5.14. The van der Waals surface area contributed by atoms with E-state index in [1.807, 2.05) is 11.7 Å². The highest BCUT2D eigenvalue weighted by molar-refractivity contribution is 14.0. The Morgan fingerprint density at radius 2 is 1.97 bits per heavy atom. The van der Waals surface area contributed by atoms with Gasteiger partial charge < -0.3 is 10.6 Å². The Morgan fingerprint density at radius 1 is 1.16 bits per heavy atom. The zero-order chi connectivity index (χ0) is 21.5. The van der Waals surface area contributed by atoms with E-state index in [4.69, 9.17) is 0 Å². The Labute approximate surface area is 211 Å². The first-order valence-corrected chi connectivity index (χ1v) is 11.7. The van der Waals surface area contributed by atoms with Crippen molar-refractivity contribution in [2.24, 2.45) is 4.99 Å². The number of benzene rings is 2. The molecular weight excluding hydrogens is 531 g/mol.